The third kappa shape index (κ3) is 4.73. The van der Waals surface area contributed by atoms with Crippen LogP contribution in [0.15, 0.2) is 168 Å². The standard InChI is InChI=1S/C45H27N3O/c1-3-10-32-24-36(22-18-28(32)8-1)30-16-20-31(21-17-30)43-46-44(37-23-19-29-9-2-4-11-33(29)25-37)48-45(47-43)39-15-7-14-38-40-26-34-12-5-6-13-35(34)27-41(40)49-42(38)39/h1-27H. The number of benzene rings is 8. The summed E-state index contributed by atoms with van der Waals surface area (Å²) in [6, 6.07) is 57.1. The third-order valence-corrected chi connectivity index (χ3v) is 9.48. The van der Waals surface area contributed by atoms with Gasteiger partial charge in [0.25, 0.3) is 0 Å². The summed E-state index contributed by atoms with van der Waals surface area (Å²) in [4.78, 5) is 15.2. The van der Waals surface area contributed by atoms with Crippen LogP contribution in [-0.4, -0.2) is 15.0 Å². The van der Waals surface area contributed by atoms with Crippen molar-refractivity contribution < 1.29 is 4.42 Å². The number of fused-ring (bicyclic) bond motifs is 6. The minimum atomic E-state index is 0.570. The number of furan rings is 1. The van der Waals surface area contributed by atoms with Crippen LogP contribution in [-0.2, 0) is 0 Å². The number of nitrogens with zero attached hydrogens (tertiary/aromatic N) is 3. The Bertz CT molecular complexity index is 2890. The molecule has 0 unspecified atom stereocenters. The van der Waals surface area contributed by atoms with Gasteiger partial charge in [0.1, 0.15) is 11.2 Å². The molecule has 0 saturated carbocycles. The predicted octanol–water partition coefficient (Wildman–Crippen LogP) is 11.9. The molecule has 2 aromatic heterocycles. The van der Waals surface area contributed by atoms with Crippen molar-refractivity contribution in [2.45, 2.75) is 0 Å². The first-order chi connectivity index (χ1) is 24.2. The molecule has 0 spiro atoms. The molecular formula is C45H27N3O. The van der Waals surface area contributed by atoms with Crippen LogP contribution in [0, 0.1) is 0 Å². The maximum Gasteiger partial charge on any atom is 0.167 e. The molecule has 0 aliphatic rings. The normalized spacial score (nSPS) is 11.7. The lowest BCUT2D eigenvalue weighted by atomic mass is 10.00. The zero-order chi connectivity index (χ0) is 32.3. The van der Waals surface area contributed by atoms with Crippen molar-refractivity contribution in [2.75, 3.05) is 0 Å². The fourth-order valence-corrected chi connectivity index (χ4v) is 6.92. The lowest BCUT2D eigenvalue weighted by molar-refractivity contribution is 0.670. The van der Waals surface area contributed by atoms with E-state index < -0.39 is 0 Å². The fraction of sp³-hybridized carbons (Fsp3) is 0. The van der Waals surface area contributed by atoms with Crippen LogP contribution in [0.5, 0.6) is 0 Å². The van der Waals surface area contributed by atoms with Gasteiger partial charge in [0, 0.05) is 21.9 Å². The summed E-state index contributed by atoms with van der Waals surface area (Å²) in [5.41, 5.74) is 6.59. The van der Waals surface area contributed by atoms with Crippen LogP contribution in [0.3, 0.4) is 0 Å². The minimum absolute atomic E-state index is 0.570. The highest BCUT2D eigenvalue weighted by Crippen LogP contribution is 2.38. The van der Waals surface area contributed by atoms with E-state index in [1.54, 1.807) is 0 Å². The highest BCUT2D eigenvalue weighted by molar-refractivity contribution is 6.13. The molecule has 0 amide bonds. The molecule has 0 aliphatic heterocycles. The van der Waals surface area contributed by atoms with Crippen LogP contribution in [0.1, 0.15) is 0 Å². The van der Waals surface area contributed by atoms with Crippen LogP contribution in [0.25, 0.3) is 99.5 Å². The molecule has 0 bridgehead atoms. The van der Waals surface area contributed by atoms with Gasteiger partial charge in [-0.05, 0) is 73.8 Å². The van der Waals surface area contributed by atoms with E-state index in [4.69, 9.17) is 19.4 Å². The van der Waals surface area contributed by atoms with Gasteiger partial charge in [-0.25, -0.2) is 15.0 Å². The van der Waals surface area contributed by atoms with Crippen molar-refractivity contribution in [3.8, 4) is 45.3 Å². The van der Waals surface area contributed by atoms with Crippen molar-refractivity contribution >= 4 is 54.3 Å². The molecule has 4 nitrogen and oxygen atoms in total. The molecule has 4 heteroatoms. The third-order valence-electron chi connectivity index (χ3n) is 9.48. The van der Waals surface area contributed by atoms with Crippen molar-refractivity contribution in [1.82, 2.24) is 15.0 Å². The monoisotopic (exact) mass is 625 g/mol. The van der Waals surface area contributed by atoms with Crippen molar-refractivity contribution in [2.24, 2.45) is 0 Å². The van der Waals surface area contributed by atoms with Gasteiger partial charge in [-0.15, -0.1) is 0 Å². The maximum absolute atomic E-state index is 6.59. The first-order valence-corrected chi connectivity index (χ1v) is 16.4. The molecule has 0 aliphatic carbocycles. The summed E-state index contributed by atoms with van der Waals surface area (Å²) >= 11 is 0. The van der Waals surface area contributed by atoms with E-state index >= 15 is 0 Å². The zero-order valence-corrected chi connectivity index (χ0v) is 26.3. The van der Waals surface area contributed by atoms with E-state index in [1.807, 2.05) is 6.07 Å². The Hall–Kier alpha value is -6.65. The lowest BCUT2D eigenvalue weighted by Gasteiger charge is -2.10. The van der Waals surface area contributed by atoms with Gasteiger partial charge in [-0.3, -0.25) is 0 Å². The van der Waals surface area contributed by atoms with Crippen LogP contribution in [0.4, 0.5) is 0 Å². The lowest BCUT2D eigenvalue weighted by Crippen LogP contribution is -2.00. The van der Waals surface area contributed by atoms with Crippen LogP contribution >= 0.6 is 0 Å². The molecule has 49 heavy (non-hydrogen) atoms. The van der Waals surface area contributed by atoms with Gasteiger partial charge in [-0.2, -0.15) is 0 Å². The van der Waals surface area contributed by atoms with E-state index in [2.05, 4.69) is 158 Å². The molecule has 0 N–H and O–H groups in total. The van der Waals surface area contributed by atoms with Crippen molar-refractivity contribution in [3.63, 3.8) is 0 Å². The molecule has 8 aromatic carbocycles. The first kappa shape index (κ1) is 27.5. The average Bonchev–Trinajstić information content (AvgIpc) is 3.54. The number of hydrogen-bond acceptors (Lipinski definition) is 4. The molecule has 228 valence electrons. The Morgan fingerprint density at radius 3 is 1.53 bits per heavy atom. The van der Waals surface area contributed by atoms with Gasteiger partial charge in [0.2, 0.25) is 0 Å². The quantitative estimate of drug-likeness (QED) is 0.195. The summed E-state index contributed by atoms with van der Waals surface area (Å²) in [5, 5.41) is 9.18. The van der Waals surface area contributed by atoms with Crippen LogP contribution in [0.2, 0.25) is 0 Å². The topological polar surface area (TPSA) is 51.8 Å². The van der Waals surface area contributed by atoms with E-state index in [9.17, 15) is 0 Å². The molecule has 0 fully saturated rings. The number of hydrogen-bond donors (Lipinski definition) is 0. The van der Waals surface area contributed by atoms with E-state index in [-0.39, 0.29) is 0 Å². The molecule has 10 rings (SSSR count). The maximum atomic E-state index is 6.59. The number of aromatic nitrogens is 3. The average molecular weight is 626 g/mol. The zero-order valence-electron chi connectivity index (χ0n) is 26.3. The largest absolute Gasteiger partial charge is 0.455 e. The van der Waals surface area contributed by atoms with Gasteiger partial charge in [0.15, 0.2) is 17.5 Å². The number of rotatable bonds is 4. The van der Waals surface area contributed by atoms with E-state index in [1.165, 1.54) is 27.1 Å². The predicted molar refractivity (Wildman–Crippen MR) is 201 cm³/mol. The Labute approximate surface area is 282 Å². The minimum Gasteiger partial charge on any atom is -0.455 e. The molecular weight excluding hydrogens is 599 g/mol. The van der Waals surface area contributed by atoms with Crippen molar-refractivity contribution in [1.29, 1.82) is 0 Å². The van der Waals surface area contributed by atoms with Gasteiger partial charge in [-0.1, -0.05) is 133 Å². The number of para-hydroxylation sites is 1. The first-order valence-electron chi connectivity index (χ1n) is 16.4. The summed E-state index contributed by atoms with van der Waals surface area (Å²) in [6.45, 7) is 0. The summed E-state index contributed by atoms with van der Waals surface area (Å²) < 4.78 is 6.59. The smallest absolute Gasteiger partial charge is 0.167 e. The summed E-state index contributed by atoms with van der Waals surface area (Å²) in [6.07, 6.45) is 0. The van der Waals surface area contributed by atoms with Gasteiger partial charge < -0.3 is 4.42 Å². The second-order valence-corrected chi connectivity index (χ2v) is 12.5. The fourth-order valence-electron chi connectivity index (χ4n) is 6.92. The Kier molecular flexibility index (Phi) is 6.15. The molecule has 10 aromatic rings. The summed E-state index contributed by atoms with van der Waals surface area (Å²) in [5.74, 6) is 1.79. The summed E-state index contributed by atoms with van der Waals surface area (Å²) in [7, 11) is 0. The second kappa shape index (κ2) is 11.0. The molecule has 2 heterocycles. The van der Waals surface area contributed by atoms with Crippen molar-refractivity contribution in [3.05, 3.63) is 164 Å². The Balaban J connectivity index is 1.14. The van der Waals surface area contributed by atoms with E-state index in [0.29, 0.717) is 17.5 Å². The Morgan fingerprint density at radius 2 is 0.837 bits per heavy atom. The SMILES string of the molecule is c1ccc2cc(-c3ccc(-c4nc(-c5ccc6ccccc6c5)nc(-c5cccc6c5oc5cc7ccccc7cc56)n4)cc3)ccc2c1. The van der Waals surface area contributed by atoms with E-state index in [0.717, 1.165) is 55.0 Å². The highest BCUT2D eigenvalue weighted by atomic mass is 16.3. The van der Waals surface area contributed by atoms with Gasteiger partial charge >= 0.3 is 0 Å². The van der Waals surface area contributed by atoms with Crippen LogP contribution < -0.4 is 0 Å². The second-order valence-electron chi connectivity index (χ2n) is 12.5. The Morgan fingerprint density at radius 1 is 0.327 bits per heavy atom. The molecule has 0 saturated heterocycles. The highest BCUT2D eigenvalue weighted by Gasteiger charge is 2.18. The molecule has 0 radical (unpaired) electrons. The van der Waals surface area contributed by atoms with Gasteiger partial charge in [0.05, 0.1) is 5.56 Å². The molecule has 0 atom stereocenters.